The van der Waals surface area contributed by atoms with Crippen LogP contribution in [0.3, 0.4) is 0 Å². The number of alkyl halides is 1. The topological polar surface area (TPSA) is 18.5 Å². The number of rotatable bonds is 2. The van der Waals surface area contributed by atoms with E-state index in [0.29, 0.717) is 0 Å². The van der Waals surface area contributed by atoms with Crippen molar-refractivity contribution < 1.29 is 9.47 Å². The van der Waals surface area contributed by atoms with Crippen LogP contribution in [0.2, 0.25) is 0 Å². The van der Waals surface area contributed by atoms with Crippen LogP contribution in [-0.2, 0) is 9.47 Å². The Balaban J connectivity index is 2.03. The lowest BCUT2D eigenvalue weighted by Crippen LogP contribution is -2.47. The van der Waals surface area contributed by atoms with Crippen molar-refractivity contribution in [2.45, 2.75) is 55.6 Å². The van der Waals surface area contributed by atoms with Gasteiger partial charge in [0.15, 0.2) is 0 Å². The molecular formula is C11H19ClO2. The first kappa shape index (κ1) is 10.7. The van der Waals surface area contributed by atoms with Crippen molar-refractivity contribution >= 4 is 11.6 Å². The summed E-state index contributed by atoms with van der Waals surface area (Å²) in [6.45, 7) is 0.796. The molecule has 1 heterocycles. The zero-order valence-electron chi connectivity index (χ0n) is 8.80. The number of methoxy groups -OCH3 is 1. The monoisotopic (exact) mass is 218 g/mol. The maximum atomic E-state index is 6.17. The van der Waals surface area contributed by atoms with Crippen LogP contribution in [0, 0.1) is 0 Å². The minimum Gasteiger partial charge on any atom is -0.376 e. The molecule has 2 atom stereocenters. The van der Waals surface area contributed by atoms with Gasteiger partial charge in [-0.2, -0.15) is 0 Å². The third kappa shape index (κ3) is 1.93. The molecule has 0 bridgehead atoms. The van der Waals surface area contributed by atoms with E-state index in [1.165, 1.54) is 12.8 Å². The van der Waals surface area contributed by atoms with Gasteiger partial charge in [0.25, 0.3) is 0 Å². The molecule has 0 N–H and O–H groups in total. The first-order chi connectivity index (χ1) is 6.77. The first-order valence-corrected chi connectivity index (χ1v) is 6.01. The van der Waals surface area contributed by atoms with Crippen LogP contribution in [0.4, 0.5) is 0 Å². The number of ether oxygens (including phenoxy) is 2. The molecule has 0 radical (unpaired) electrons. The normalized spacial score (nSPS) is 37.3. The predicted octanol–water partition coefficient (Wildman–Crippen LogP) is 2.73. The highest BCUT2D eigenvalue weighted by molar-refractivity contribution is 6.20. The summed E-state index contributed by atoms with van der Waals surface area (Å²) in [5.74, 6) is 0. The first-order valence-electron chi connectivity index (χ1n) is 5.58. The van der Waals surface area contributed by atoms with E-state index in [2.05, 4.69) is 0 Å². The molecular weight excluding hydrogens is 200 g/mol. The van der Waals surface area contributed by atoms with E-state index < -0.39 is 0 Å². The number of hydrogen-bond acceptors (Lipinski definition) is 2. The molecule has 14 heavy (non-hydrogen) atoms. The summed E-state index contributed by atoms with van der Waals surface area (Å²) < 4.78 is 11.5. The summed E-state index contributed by atoms with van der Waals surface area (Å²) in [6, 6.07) is 0. The maximum absolute atomic E-state index is 6.17. The summed E-state index contributed by atoms with van der Waals surface area (Å²) in [5, 5.41) is 0.279. The zero-order chi connectivity index (χ0) is 10.0. The van der Waals surface area contributed by atoms with Gasteiger partial charge in [0.05, 0.1) is 11.7 Å². The summed E-state index contributed by atoms with van der Waals surface area (Å²) in [5.41, 5.74) is -0.0203. The Hall–Kier alpha value is 0.210. The van der Waals surface area contributed by atoms with E-state index >= 15 is 0 Å². The molecule has 2 unspecified atom stereocenters. The Morgan fingerprint density at radius 1 is 1.36 bits per heavy atom. The van der Waals surface area contributed by atoms with E-state index in [1.807, 2.05) is 7.11 Å². The van der Waals surface area contributed by atoms with Crippen LogP contribution in [0.1, 0.15) is 38.5 Å². The zero-order valence-corrected chi connectivity index (χ0v) is 9.55. The van der Waals surface area contributed by atoms with Crippen LogP contribution in [0.15, 0.2) is 0 Å². The molecule has 2 nitrogen and oxygen atoms in total. The number of hydrogen-bond donors (Lipinski definition) is 0. The fourth-order valence-electron chi connectivity index (χ4n) is 2.75. The van der Waals surface area contributed by atoms with Gasteiger partial charge in [0.2, 0.25) is 0 Å². The van der Waals surface area contributed by atoms with Crippen LogP contribution in [0.25, 0.3) is 0 Å². The lowest BCUT2D eigenvalue weighted by atomic mass is 9.89. The van der Waals surface area contributed by atoms with Gasteiger partial charge in [-0.3, -0.25) is 0 Å². The van der Waals surface area contributed by atoms with Gasteiger partial charge in [-0.05, 0) is 25.7 Å². The average Bonchev–Trinajstić information content (AvgIpc) is 2.67. The van der Waals surface area contributed by atoms with Crippen LogP contribution in [0.5, 0.6) is 0 Å². The highest BCUT2D eigenvalue weighted by atomic mass is 35.5. The largest absolute Gasteiger partial charge is 0.376 e. The van der Waals surface area contributed by atoms with Crippen molar-refractivity contribution in [3.8, 4) is 0 Å². The van der Waals surface area contributed by atoms with Gasteiger partial charge in [0.1, 0.15) is 0 Å². The van der Waals surface area contributed by atoms with Crippen molar-refractivity contribution in [3.05, 3.63) is 0 Å². The molecule has 0 spiro atoms. The van der Waals surface area contributed by atoms with Crippen molar-refractivity contribution in [1.82, 2.24) is 0 Å². The minimum absolute atomic E-state index is 0.0203. The molecule has 82 valence electrons. The van der Waals surface area contributed by atoms with E-state index in [0.717, 1.165) is 32.3 Å². The second-order valence-corrected chi connectivity index (χ2v) is 5.07. The van der Waals surface area contributed by atoms with Crippen molar-refractivity contribution in [2.75, 3.05) is 13.7 Å². The van der Waals surface area contributed by atoms with Crippen LogP contribution in [-0.4, -0.2) is 30.8 Å². The predicted molar refractivity (Wildman–Crippen MR) is 56.8 cm³/mol. The molecule has 0 aromatic carbocycles. The fraction of sp³-hybridized carbons (Fsp3) is 1.00. The smallest absolute Gasteiger partial charge is 0.0939 e. The van der Waals surface area contributed by atoms with Crippen LogP contribution >= 0.6 is 11.6 Å². The Labute approximate surface area is 90.9 Å². The van der Waals surface area contributed by atoms with E-state index in [1.54, 1.807) is 0 Å². The standard InChI is InChI=1S/C11H19ClO2/c1-13-11(5-2-3-6-11)10-8-9(12)4-7-14-10/h9-10H,2-8H2,1H3. The van der Waals surface area contributed by atoms with Gasteiger partial charge >= 0.3 is 0 Å². The average molecular weight is 219 g/mol. The fourth-order valence-corrected chi connectivity index (χ4v) is 3.00. The van der Waals surface area contributed by atoms with Gasteiger partial charge in [0, 0.05) is 19.1 Å². The Morgan fingerprint density at radius 2 is 2.07 bits per heavy atom. The molecule has 2 aliphatic rings. The van der Waals surface area contributed by atoms with Crippen LogP contribution < -0.4 is 0 Å². The van der Waals surface area contributed by atoms with E-state index in [9.17, 15) is 0 Å². The minimum atomic E-state index is -0.0203. The summed E-state index contributed by atoms with van der Waals surface area (Å²) >= 11 is 6.17. The van der Waals surface area contributed by atoms with Crippen molar-refractivity contribution in [2.24, 2.45) is 0 Å². The Kier molecular flexibility index (Phi) is 3.35. The molecule has 1 saturated heterocycles. The quantitative estimate of drug-likeness (QED) is 0.664. The molecule has 1 saturated carbocycles. The third-order valence-corrected chi connectivity index (χ3v) is 4.06. The molecule has 0 aromatic heterocycles. The highest BCUT2D eigenvalue weighted by Crippen LogP contribution is 2.40. The lowest BCUT2D eigenvalue weighted by molar-refractivity contribution is -0.140. The van der Waals surface area contributed by atoms with Crippen molar-refractivity contribution in [3.63, 3.8) is 0 Å². The highest BCUT2D eigenvalue weighted by Gasteiger charge is 2.44. The SMILES string of the molecule is COC1(C2CC(Cl)CCO2)CCCC1. The molecule has 0 amide bonds. The molecule has 1 aliphatic carbocycles. The molecule has 2 rings (SSSR count). The molecule has 3 heteroatoms. The van der Waals surface area contributed by atoms with E-state index in [4.69, 9.17) is 21.1 Å². The second-order valence-electron chi connectivity index (χ2n) is 4.46. The molecule has 1 aliphatic heterocycles. The summed E-state index contributed by atoms with van der Waals surface area (Å²) in [6.07, 6.45) is 6.97. The summed E-state index contributed by atoms with van der Waals surface area (Å²) in [7, 11) is 1.81. The Morgan fingerprint density at radius 3 is 2.64 bits per heavy atom. The number of halogens is 1. The van der Waals surface area contributed by atoms with Gasteiger partial charge in [-0.1, -0.05) is 12.8 Å². The maximum Gasteiger partial charge on any atom is 0.0939 e. The molecule has 2 fully saturated rings. The van der Waals surface area contributed by atoms with Crippen molar-refractivity contribution in [1.29, 1.82) is 0 Å². The van der Waals surface area contributed by atoms with Gasteiger partial charge < -0.3 is 9.47 Å². The summed E-state index contributed by atoms with van der Waals surface area (Å²) in [4.78, 5) is 0. The Bertz CT molecular complexity index is 190. The second kappa shape index (κ2) is 4.38. The third-order valence-electron chi connectivity index (χ3n) is 3.66. The van der Waals surface area contributed by atoms with Gasteiger partial charge in [-0.25, -0.2) is 0 Å². The van der Waals surface area contributed by atoms with E-state index in [-0.39, 0.29) is 17.1 Å². The molecule has 0 aromatic rings. The van der Waals surface area contributed by atoms with Gasteiger partial charge in [-0.15, -0.1) is 11.6 Å². The lowest BCUT2D eigenvalue weighted by Gasteiger charge is -2.39.